The quantitative estimate of drug-likeness (QED) is 0.879. The molecular weight excluding hydrogens is 316 g/mol. The average molecular weight is 336 g/mol. The number of likely N-dealkylation sites (N-methyl/N-ethyl adjacent to an activating group) is 1. The summed E-state index contributed by atoms with van der Waals surface area (Å²) in [6, 6.07) is 9.22. The standard InChI is InChI=1S/C19H20N4O2/c1-21-16(24)11-23-18(14-6-7-14)19(17(22-23)13-4-5-13)25-15-8-2-12(10-20)3-9-15/h2-3,8-9,13-14H,4-7,11H2,1H3,(H,21,24). The number of amides is 1. The SMILES string of the molecule is CNC(=O)Cn1nc(C2CC2)c(Oc2ccc(C#N)cc2)c1C1CC1. The van der Waals surface area contributed by atoms with Gasteiger partial charge in [0.05, 0.1) is 17.3 Å². The fourth-order valence-corrected chi connectivity index (χ4v) is 3.01. The second-order valence-electron chi connectivity index (χ2n) is 6.72. The van der Waals surface area contributed by atoms with Crippen molar-refractivity contribution in [3.63, 3.8) is 0 Å². The zero-order chi connectivity index (χ0) is 17.4. The van der Waals surface area contributed by atoms with Crippen molar-refractivity contribution in [1.82, 2.24) is 15.1 Å². The van der Waals surface area contributed by atoms with Crippen LogP contribution in [0.25, 0.3) is 0 Å². The Morgan fingerprint density at radius 3 is 2.52 bits per heavy atom. The molecule has 1 amide bonds. The number of nitrogens with zero attached hydrogens (tertiary/aromatic N) is 3. The number of ether oxygens (including phenoxy) is 1. The molecule has 0 atom stereocenters. The van der Waals surface area contributed by atoms with Gasteiger partial charge in [-0.25, -0.2) is 0 Å². The summed E-state index contributed by atoms with van der Waals surface area (Å²) in [6.07, 6.45) is 4.44. The lowest BCUT2D eigenvalue weighted by Crippen LogP contribution is -2.25. The topological polar surface area (TPSA) is 79.9 Å². The maximum Gasteiger partial charge on any atom is 0.241 e. The van der Waals surface area contributed by atoms with Crippen molar-refractivity contribution in [2.45, 2.75) is 44.1 Å². The van der Waals surface area contributed by atoms with Gasteiger partial charge in [0.1, 0.15) is 18.0 Å². The third-order valence-electron chi connectivity index (χ3n) is 4.68. The van der Waals surface area contributed by atoms with Crippen LogP contribution >= 0.6 is 0 Å². The second-order valence-corrected chi connectivity index (χ2v) is 6.72. The summed E-state index contributed by atoms with van der Waals surface area (Å²) in [6.45, 7) is 0.221. The predicted molar refractivity (Wildman–Crippen MR) is 91.5 cm³/mol. The van der Waals surface area contributed by atoms with Crippen LogP contribution in [0.3, 0.4) is 0 Å². The number of rotatable bonds is 6. The lowest BCUT2D eigenvalue weighted by atomic mass is 10.2. The van der Waals surface area contributed by atoms with Gasteiger partial charge in [0.2, 0.25) is 5.91 Å². The number of nitriles is 1. The molecule has 1 N–H and O–H groups in total. The van der Waals surface area contributed by atoms with Crippen molar-refractivity contribution < 1.29 is 9.53 Å². The van der Waals surface area contributed by atoms with Crippen LogP contribution in [0.5, 0.6) is 11.5 Å². The number of carbonyl (C=O) groups excluding carboxylic acids is 1. The molecule has 1 heterocycles. The summed E-state index contributed by atoms with van der Waals surface area (Å²) in [5.74, 6) is 2.30. The molecule has 25 heavy (non-hydrogen) atoms. The zero-order valence-corrected chi connectivity index (χ0v) is 14.2. The third kappa shape index (κ3) is 3.22. The monoisotopic (exact) mass is 336 g/mol. The van der Waals surface area contributed by atoms with E-state index in [-0.39, 0.29) is 12.5 Å². The van der Waals surface area contributed by atoms with Crippen molar-refractivity contribution in [3.8, 4) is 17.6 Å². The van der Waals surface area contributed by atoms with E-state index in [1.807, 2.05) is 16.8 Å². The van der Waals surface area contributed by atoms with E-state index < -0.39 is 0 Å². The molecule has 1 aromatic carbocycles. The molecule has 0 radical (unpaired) electrons. The van der Waals surface area contributed by atoms with Crippen LogP contribution in [0, 0.1) is 11.3 Å². The molecule has 2 fully saturated rings. The van der Waals surface area contributed by atoms with Gasteiger partial charge in [-0.05, 0) is 49.9 Å². The van der Waals surface area contributed by atoms with E-state index in [9.17, 15) is 4.79 Å². The van der Waals surface area contributed by atoms with E-state index in [2.05, 4.69) is 11.4 Å². The first-order valence-electron chi connectivity index (χ1n) is 8.68. The fraction of sp³-hybridized carbons (Fsp3) is 0.421. The predicted octanol–water partition coefficient (Wildman–Crippen LogP) is 3.05. The van der Waals surface area contributed by atoms with Gasteiger partial charge in [-0.2, -0.15) is 10.4 Å². The molecule has 2 aliphatic rings. The third-order valence-corrected chi connectivity index (χ3v) is 4.68. The van der Waals surface area contributed by atoms with Gasteiger partial charge in [-0.3, -0.25) is 9.48 Å². The molecular formula is C19H20N4O2. The second kappa shape index (κ2) is 6.25. The summed E-state index contributed by atoms with van der Waals surface area (Å²) >= 11 is 0. The summed E-state index contributed by atoms with van der Waals surface area (Å²) in [7, 11) is 1.64. The Kier molecular flexibility index (Phi) is 3.92. The largest absolute Gasteiger partial charge is 0.453 e. The molecule has 6 heteroatoms. The van der Waals surface area contributed by atoms with Crippen molar-refractivity contribution in [2.75, 3.05) is 7.05 Å². The Labute approximate surface area is 146 Å². The Morgan fingerprint density at radius 1 is 1.28 bits per heavy atom. The summed E-state index contributed by atoms with van der Waals surface area (Å²) in [5, 5.41) is 16.3. The molecule has 0 bridgehead atoms. The van der Waals surface area contributed by atoms with Gasteiger partial charge >= 0.3 is 0 Å². The Morgan fingerprint density at radius 2 is 1.96 bits per heavy atom. The van der Waals surface area contributed by atoms with Crippen LogP contribution in [0.4, 0.5) is 0 Å². The van der Waals surface area contributed by atoms with Crippen LogP contribution in [-0.2, 0) is 11.3 Å². The summed E-state index contributed by atoms with van der Waals surface area (Å²) < 4.78 is 8.04. The molecule has 0 saturated heterocycles. The van der Waals surface area contributed by atoms with Crippen molar-refractivity contribution in [1.29, 1.82) is 5.26 Å². The van der Waals surface area contributed by atoms with Crippen LogP contribution in [0.1, 0.15) is 54.5 Å². The minimum atomic E-state index is -0.0586. The minimum absolute atomic E-state index is 0.0586. The first-order chi connectivity index (χ1) is 12.2. The van der Waals surface area contributed by atoms with Crippen LogP contribution in [-0.4, -0.2) is 22.7 Å². The van der Waals surface area contributed by atoms with Crippen LogP contribution < -0.4 is 10.1 Å². The van der Waals surface area contributed by atoms with Gasteiger partial charge < -0.3 is 10.1 Å². The molecule has 128 valence electrons. The van der Waals surface area contributed by atoms with Crippen molar-refractivity contribution in [2.24, 2.45) is 0 Å². The highest BCUT2D eigenvalue weighted by Gasteiger charge is 2.38. The smallest absolute Gasteiger partial charge is 0.241 e. The van der Waals surface area contributed by atoms with Gasteiger partial charge in [-0.15, -0.1) is 0 Å². The lowest BCUT2D eigenvalue weighted by molar-refractivity contribution is -0.121. The van der Waals surface area contributed by atoms with E-state index in [1.165, 1.54) is 0 Å². The van der Waals surface area contributed by atoms with E-state index >= 15 is 0 Å². The fourth-order valence-electron chi connectivity index (χ4n) is 3.01. The van der Waals surface area contributed by atoms with Crippen LogP contribution in [0.2, 0.25) is 0 Å². The number of carbonyl (C=O) groups is 1. The first kappa shape index (κ1) is 15.7. The van der Waals surface area contributed by atoms with Gasteiger partial charge in [-0.1, -0.05) is 0 Å². The molecule has 1 aromatic heterocycles. The summed E-state index contributed by atoms with van der Waals surface area (Å²) in [5.41, 5.74) is 2.61. The molecule has 0 aliphatic heterocycles. The molecule has 0 unspecified atom stereocenters. The number of hydrogen-bond donors (Lipinski definition) is 1. The Bertz CT molecular complexity index is 840. The molecule has 4 rings (SSSR count). The molecule has 2 saturated carbocycles. The lowest BCUT2D eigenvalue weighted by Gasteiger charge is -2.10. The maximum absolute atomic E-state index is 11.9. The number of hydrogen-bond acceptors (Lipinski definition) is 4. The molecule has 2 aliphatic carbocycles. The zero-order valence-electron chi connectivity index (χ0n) is 14.2. The van der Waals surface area contributed by atoms with Crippen molar-refractivity contribution >= 4 is 5.91 Å². The maximum atomic E-state index is 11.9. The molecule has 0 spiro atoms. The van der Waals surface area contributed by atoms with Crippen molar-refractivity contribution in [3.05, 3.63) is 41.2 Å². The molecule has 2 aromatic rings. The normalized spacial score (nSPS) is 16.3. The van der Waals surface area contributed by atoms with E-state index in [4.69, 9.17) is 15.1 Å². The van der Waals surface area contributed by atoms with Gasteiger partial charge in [0.15, 0.2) is 5.75 Å². The number of nitrogens with one attached hydrogen (secondary N) is 1. The first-order valence-corrected chi connectivity index (χ1v) is 8.68. The highest BCUT2D eigenvalue weighted by molar-refractivity contribution is 5.75. The Hall–Kier alpha value is -2.81. The Balaban J connectivity index is 1.71. The highest BCUT2D eigenvalue weighted by atomic mass is 16.5. The van der Waals surface area contributed by atoms with E-state index in [0.29, 0.717) is 23.1 Å². The van der Waals surface area contributed by atoms with E-state index in [0.717, 1.165) is 42.8 Å². The average Bonchev–Trinajstić information content (AvgIpc) is 3.54. The van der Waals surface area contributed by atoms with Gasteiger partial charge in [0.25, 0.3) is 0 Å². The van der Waals surface area contributed by atoms with E-state index in [1.54, 1.807) is 19.2 Å². The number of aromatic nitrogens is 2. The molecule has 6 nitrogen and oxygen atoms in total. The highest BCUT2D eigenvalue weighted by Crippen LogP contribution is 2.51. The minimum Gasteiger partial charge on any atom is -0.453 e. The summed E-state index contributed by atoms with van der Waals surface area (Å²) in [4.78, 5) is 11.9. The number of benzene rings is 1. The van der Waals surface area contributed by atoms with Crippen LogP contribution in [0.15, 0.2) is 24.3 Å². The van der Waals surface area contributed by atoms with Gasteiger partial charge in [0, 0.05) is 18.9 Å².